The van der Waals surface area contributed by atoms with Crippen molar-refractivity contribution in [2.24, 2.45) is 0 Å². The molecule has 0 aliphatic rings. The smallest absolute Gasteiger partial charge is 0.155 e. The van der Waals surface area contributed by atoms with E-state index in [4.69, 9.17) is 0 Å². The number of aliphatic hydroxyl groups is 1. The van der Waals surface area contributed by atoms with Crippen molar-refractivity contribution in [3.05, 3.63) is 101 Å². The van der Waals surface area contributed by atoms with Gasteiger partial charge in [0.15, 0.2) is 5.60 Å². The Balaban J connectivity index is 2.02. The molecule has 0 bridgehead atoms. The fourth-order valence-electron chi connectivity index (χ4n) is 2.60. The van der Waals surface area contributed by atoms with Crippen LogP contribution in [0.1, 0.15) is 22.4 Å². The van der Waals surface area contributed by atoms with Gasteiger partial charge in [0, 0.05) is 12.6 Å². The number of aryl methyl sites for hydroxylation is 1. The van der Waals surface area contributed by atoms with Crippen molar-refractivity contribution >= 4 is 0 Å². The van der Waals surface area contributed by atoms with Gasteiger partial charge in [-0.25, -0.2) is 4.98 Å². The van der Waals surface area contributed by atoms with Crippen LogP contribution in [0.5, 0.6) is 0 Å². The number of hydrogen-bond acceptors (Lipinski definition) is 2. The van der Waals surface area contributed by atoms with Crippen LogP contribution < -0.4 is 0 Å². The minimum Gasteiger partial charge on any atom is -0.373 e. The predicted octanol–water partition coefficient (Wildman–Crippen LogP) is 3.87. The zero-order valence-corrected chi connectivity index (χ0v) is 13.6. The molecule has 1 atom stereocenters. The molecule has 118 valence electrons. The molecule has 2 aromatic carbocycles. The van der Waals surface area contributed by atoms with Crippen LogP contribution in [-0.2, 0) is 12.0 Å². The molecule has 0 radical (unpaired) electrons. The summed E-state index contributed by atoms with van der Waals surface area (Å²) in [6.45, 7) is 1.97. The SMILES string of the molecule is Cc1cccnc1C#CC(O)(Cc1ccccc1)c1ccccc1. The Morgan fingerprint density at radius 3 is 2.25 bits per heavy atom. The molecule has 0 saturated carbocycles. The Hall–Kier alpha value is -2.89. The van der Waals surface area contributed by atoms with Crippen molar-refractivity contribution in [1.82, 2.24) is 4.98 Å². The fraction of sp³-hybridized carbons (Fsp3) is 0.136. The monoisotopic (exact) mass is 313 g/mol. The van der Waals surface area contributed by atoms with Crippen molar-refractivity contribution in [1.29, 1.82) is 0 Å². The molecular formula is C22H19NO. The van der Waals surface area contributed by atoms with Gasteiger partial charge in [0.1, 0.15) is 5.69 Å². The lowest BCUT2D eigenvalue weighted by molar-refractivity contribution is 0.101. The molecule has 1 N–H and O–H groups in total. The molecular weight excluding hydrogens is 294 g/mol. The second kappa shape index (κ2) is 7.12. The number of benzene rings is 2. The largest absolute Gasteiger partial charge is 0.373 e. The van der Waals surface area contributed by atoms with Gasteiger partial charge in [-0.2, -0.15) is 0 Å². The van der Waals surface area contributed by atoms with E-state index < -0.39 is 5.60 Å². The quantitative estimate of drug-likeness (QED) is 0.745. The molecule has 2 heteroatoms. The van der Waals surface area contributed by atoms with Crippen LogP contribution >= 0.6 is 0 Å². The third-order valence-electron chi connectivity index (χ3n) is 3.95. The Labute approximate surface area is 142 Å². The molecule has 0 aliphatic carbocycles. The van der Waals surface area contributed by atoms with E-state index >= 15 is 0 Å². The van der Waals surface area contributed by atoms with Crippen LogP contribution in [0.25, 0.3) is 0 Å². The number of pyridine rings is 1. The number of rotatable bonds is 3. The fourth-order valence-corrected chi connectivity index (χ4v) is 2.60. The third-order valence-corrected chi connectivity index (χ3v) is 3.95. The molecule has 0 spiro atoms. The van der Waals surface area contributed by atoms with Crippen molar-refractivity contribution in [3.63, 3.8) is 0 Å². The molecule has 3 aromatic rings. The highest BCUT2D eigenvalue weighted by Crippen LogP contribution is 2.25. The molecule has 0 saturated heterocycles. The van der Waals surface area contributed by atoms with Crippen LogP contribution in [0, 0.1) is 18.8 Å². The molecule has 0 fully saturated rings. The van der Waals surface area contributed by atoms with Crippen molar-refractivity contribution in [2.45, 2.75) is 18.9 Å². The van der Waals surface area contributed by atoms with E-state index in [-0.39, 0.29) is 0 Å². The first-order valence-electron chi connectivity index (χ1n) is 7.94. The van der Waals surface area contributed by atoms with Crippen molar-refractivity contribution in [3.8, 4) is 11.8 Å². The molecule has 24 heavy (non-hydrogen) atoms. The first-order valence-corrected chi connectivity index (χ1v) is 7.94. The lowest BCUT2D eigenvalue weighted by atomic mass is 9.87. The average molecular weight is 313 g/mol. The summed E-state index contributed by atoms with van der Waals surface area (Å²) in [6, 6.07) is 23.3. The van der Waals surface area contributed by atoms with E-state index in [1.807, 2.05) is 79.7 Å². The van der Waals surface area contributed by atoms with E-state index in [0.717, 1.165) is 16.7 Å². The summed E-state index contributed by atoms with van der Waals surface area (Å²) in [5.41, 5.74) is 2.26. The van der Waals surface area contributed by atoms with Gasteiger partial charge in [0.05, 0.1) is 0 Å². The highest BCUT2D eigenvalue weighted by molar-refractivity contribution is 5.41. The lowest BCUT2D eigenvalue weighted by Gasteiger charge is -2.23. The summed E-state index contributed by atoms with van der Waals surface area (Å²) in [5.74, 6) is 6.12. The van der Waals surface area contributed by atoms with Crippen LogP contribution in [0.3, 0.4) is 0 Å². The molecule has 1 unspecified atom stereocenters. The Morgan fingerprint density at radius 2 is 1.58 bits per heavy atom. The molecule has 0 aliphatic heterocycles. The first kappa shape index (κ1) is 16.0. The molecule has 1 aromatic heterocycles. The van der Waals surface area contributed by atoms with E-state index in [9.17, 15) is 5.11 Å². The number of aromatic nitrogens is 1. The van der Waals surface area contributed by atoms with Gasteiger partial charge in [-0.15, -0.1) is 0 Å². The van der Waals surface area contributed by atoms with Gasteiger partial charge in [0.2, 0.25) is 0 Å². The zero-order chi connectivity index (χ0) is 16.8. The van der Waals surface area contributed by atoms with E-state index in [1.165, 1.54) is 0 Å². The van der Waals surface area contributed by atoms with E-state index in [2.05, 4.69) is 16.8 Å². The van der Waals surface area contributed by atoms with E-state index in [0.29, 0.717) is 12.1 Å². The maximum Gasteiger partial charge on any atom is 0.155 e. The summed E-state index contributed by atoms with van der Waals surface area (Å²) < 4.78 is 0. The highest BCUT2D eigenvalue weighted by atomic mass is 16.3. The molecule has 2 nitrogen and oxygen atoms in total. The maximum atomic E-state index is 11.3. The number of nitrogens with zero attached hydrogens (tertiary/aromatic N) is 1. The first-order chi connectivity index (χ1) is 11.7. The molecule has 1 heterocycles. The summed E-state index contributed by atoms with van der Waals surface area (Å²) >= 11 is 0. The van der Waals surface area contributed by atoms with Gasteiger partial charge in [-0.3, -0.25) is 0 Å². The van der Waals surface area contributed by atoms with Crippen LogP contribution in [0.4, 0.5) is 0 Å². The Bertz CT molecular complexity index is 862. The topological polar surface area (TPSA) is 33.1 Å². The number of hydrogen-bond donors (Lipinski definition) is 1. The van der Waals surface area contributed by atoms with Crippen LogP contribution in [-0.4, -0.2) is 10.1 Å². The summed E-state index contributed by atoms with van der Waals surface area (Å²) in [6.07, 6.45) is 2.15. The van der Waals surface area contributed by atoms with Crippen molar-refractivity contribution in [2.75, 3.05) is 0 Å². The summed E-state index contributed by atoms with van der Waals surface area (Å²) in [7, 11) is 0. The van der Waals surface area contributed by atoms with Gasteiger partial charge in [-0.05, 0) is 35.6 Å². The van der Waals surface area contributed by atoms with Gasteiger partial charge < -0.3 is 5.11 Å². The Kier molecular flexibility index (Phi) is 4.74. The van der Waals surface area contributed by atoms with Crippen LogP contribution in [0.15, 0.2) is 79.0 Å². The van der Waals surface area contributed by atoms with Gasteiger partial charge in [0.25, 0.3) is 0 Å². The standard InChI is InChI=1S/C22H19NO/c1-18-9-8-16-23-21(18)14-15-22(24,20-12-6-3-7-13-20)17-19-10-4-2-5-11-19/h2-13,16,24H,17H2,1H3. The van der Waals surface area contributed by atoms with E-state index in [1.54, 1.807) is 6.20 Å². The van der Waals surface area contributed by atoms with Crippen molar-refractivity contribution < 1.29 is 5.11 Å². The second-order valence-corrected chi connectivity index (χ2v) is 5.81. The second-order valence-electron chi connectivity index (χ2n) is 5.81. The zero-order valence-electron chi connectivity index (χ0n) is 13.6. The summed E-state index contributed by atoms with van der Waals surface area (Å²) in [4.78, 5) is 4.30. The van der Waals surface area contributed by atoms with Gasteiger partial charge >= 0.3 is 0 Å². The maximum absolute atomic E-state index is 11.3. The van der Waals surface area contributed by atoms with Crippen LogP contribution in [0.2, 0.25) is 0 Å². The minimum atomic E-state index is -1.26. The molecule has 0 amide bonds. The Morgan fingerprint density at radius 1 is 0.917 bits per heavy atom. The lowest BCUT2D eigenvalue weighted by Crippen LogP contribution is -2.26. The summed E-state index contributed by atoms with van der Waals surface area (Å²) in [5, 5.41) is 11.3. The third kappa shape index (κ3) is 3.71. The average Bonchev–Trinajstić information content (AvgIpc) is 2.63. The highest BCUT2D eigenvalue weighted by Gasteiger charge is 2.27. The molecule has 3 rings (SSSR count). The normalized spacial score (nSPS) is 12.8. The minimum absolute atomic E-state index is 0.427. The van der Waals surface area contributed by atoms with Gasteiger partial charge in [-0.1, -0.05) is 72.7 Å². The predicted molar refractivity (Wildman–Crippen MR) is 96.3 cm³/mol.